The van der Waals surface area contributed by atoms with Gasteiger partial charge in [-0.2, -0.15) is 0 Å². The zero-order valence-corrected chi connectivity index (χ0v) is 15.9. The molecule has 2 heterocycles. The van der Waals surface area contributed by atoms with E-state index in [4.69, 9.17) is 4.42 Å². The highest BCUT2D eigenvalue weighted by molar-refractivity contribution is 5.96. The van der Waals surface area contributed by atoms with Crippen LogP contribution in [0.4, 0.5) is 5.69 Å². The van der Waals surface area contributed by atoms with Gasteiger partial charge in [0, 0.05) is 24.2 Å². The third-order valence-electron chi connectivity index (χ3n) is 5.41. The van der Waals surface area contributed by atoms with Gasteiger partial charge in [-0.25, -0.2) is 0 Å². The smallest absolute Gasteiger partial charge is 0.287 e. The predicted octanol–water partition coefficient (Wildman–Crippen LogP) is 5.16. The molecule has 4 nitrogen and oxygen atoms in total. The van der Waals surface area contributed by atoms with E-state index in [0.717, 1.165) is 35.5 Å². The minimum absolute atomic E-state index is 0.0833. The number of fused-ring (bicyclic) bond motifs is 1. The fourth-order valence-corrected chi connectivity index (χ4v) is 3.84. The number of rotatable bonds is 4. The summed E-state index contributed by atoms with van der Waals surface area (Å²) in [7, 11) is 0. The van der Waals surface area contributed by atoms with Crippen LogP contribution in [0.25, 0.3) is 11.0 Å². The predicted molar refractivity (Wildman–Crippen MR) is 109 cm³/mol. The van der Waals surface area contributed by atoms with E-state index >= 15 is 0 Å². The maximum absolute atomic E-state index is 12.5. The number of nitrogens with zero attached hydrogens (tertiary/aromatic N) is 1. The molecule has 1 amide bonds. The number of furan rings is 1. The number of nitrogens with one attached hydrogen (secondary N) is 1. The van der Waals surface area contributed by atoms with Gasteiger partial charge in [0.05, 0.1) is 6.04 Å². The molecule has 4 heteroatoms. The van der Waals surface area contributed by atoms with Crippen molar-refractivity contribution in [3.05, 3.63) is 65.9 Å². The Kier molecular flexibility index (Phi) is 4.88. The second kappa shape index (κ2) is 7.47. The van der Waals surface area contributed by atoms with Gasteiger partial charge in [-0.05, 0) is 55.5 Å². The topological polar surface area (TPSA) is 45.5 Å². The maximum atomic E-state index is 12.5. The standard InChI is InChI=1S/C23H26N2O2/c1-16-6-5-13-25(15-16)20-11-9-18(10-12-20)17(2)24-23(26)22-14-19-7-3-4-8-21(19)27-22/h3-4,7-12,14,16-17H,5-6,13,15H2,1-2H3,(H,24,26)/t16-,17-/m1/s1. The van der Waals surface area contributed by atoms with Crippen LogP contribution in [0.1, 0.15) is 48.8 Å². The van der Waals surface area contributed by atoms with Crippen LogP contribution in [0.2, 0.25) is 0 Å². The van der Waals surface area contributed by atoms with Crippen molar-refractivity contribution in [3.63, 3.8) is 0 Å². The van der Waals surface area contributed by atoms with Gasteiger partial charge in [-0.1, -0.05) is 37.3 Å². The van der Waals surface area contributed by atoms with Crippen molar-refractivity contribution in [2.75, 3.05) is 18.0 Å². The molecule has 1 aromatic heterocycles. The van der Waals surface area contributed by atoms with Crippen LogP contribution in [0.15, 0.2) is 59.0 Å². The first-order valence-corrected chi connectivity index (χ1v) is 9.74. The lowest BCUT2D eigenvalue weighted by atomic mass is 9.99. The highest BCUT2D eigenvalue weighted by atomic mass is 16.3. The Hall–Kier alpha value is -2.75. The Balaban J connectivity index is 1.43. The Bertz CT molecular complexity index is 896. The summed E-state index contributed by atoms with van der Waals surface area (Å²) in [5.74, 6) is 0.912. The van der Waals surface area contributed by atoms with E-state index in [1.807, 2.05) is 31.2 Å². The summed E-state index contributed by atoms with van der Waals surface area (Å²) in [6, 6.07) is 17.9. The van der Waals surface area contributed by atoms with Gasteiger partial charge in [0.1, 0.15) is 5.58 Å². The first-order valence-electron chi connectivity index (χ1n) is 9.74. The summed E-state index contributed by atoms with van der Waals surface area (Å²) < 4.78 is 5.66. The number of anilines is 1. The van der Waals surface area contributed by atoms with E-state index in [0.29, 0.717) is 5.76 Å². The molecule has 3 aromatic rings. The molecule has 0 spiro atoms. The fourth-order valence-electron chi connectivity index (χ4n) is 3.84. The van der Waals surface area contributed by atoms with Gasteiger partial charge >= 0.3 is 0 Å². The molecule has 1 N–H and O–H groups in total. The van der Waals surface area contributed by atoms with Gasteiger partial charge < -0.3 is 14.6 Å². The van der Waals surface area contributed by atoms with Crippen LogP contribution in [-0.2, 0) is 0 Å². The molecular formula is C23H26N2O2. The molecule has 2 aromatic carbocycles. The lowest BCUT2D eigenvalue weighted by Gasteiger charge is -2.33. The molecule has 4 rings (SSSR count). The summed E-state index contributed by atoms with van der Waals surface area (Å²) in [4.78, 5) is 15.0. The molecule has 1 saturated heterocycles. The lowest BCUT2D eigenvalue weighted by molar-refractivity contribution is 0.0914. The summed E-state index contributed by atoms with van der Waals surface area (Å²) >= 11 is 0. The minimum atomic E-state index is -0.187. The van der Waals surface area contributed by atoms with Gasteiger partial charge in [-0.15, -0.1) is 0 Å². The molecule has 0 aliphatic carbocycles. The van der Waals surface area contributed by atoms with Crippen molar-refractivity contribution in [1.82, 2.24) is 5.32 Å². The average molecular weight is 362 g/mol. The van der Waals surface area contributed by atoms with Gasteiger partial charge in [-0.3, -0.25) is 4.79 Å². The highest BCUT2D eigenvalue weighted by Gasteiger charge is 2.18. The van der Waals surface area contributed by atoms with Crippen molar-refractivity contribution in [2.45, 2.75) is 32.7 Å². The van der Waals surface area contributed by atoms with E-state index in [2.05, 4.69) is 41.4 Å². The molecule has 1 fully saturated rings. The summed E-state index contributed by atoms with van der Waals surface area (Å²) in [5.41, 5.74) is 3.09. The second-order valence-corrected chi connectivity index (χ2v) is 7.63. The second-order valence-electron chi connectivity index (χ2n) is 7.63. The molecule has 1 aliphatic heterocycles. The van der Waals surface area contributed by atoms with E-state index in [9.17, 15) is 4.79 Å². The fraction of sp³-hybridized carbons (Fsp3) is 0.348. The van der Waals surface area contributed by atoms with Crippen molar-refractivity contribution >= 4 is 22.6 Å². The molecular weight excluding hydrogens is 336 g/mol. The van der Waals surface area contributed by atoms with Crippen molar-refractivity contribution in [2.24, 2.45) is 5.92 Å². The molecule has 27 heavy (non-hydrogen) atoms. The lowest BCUT2D eigenvalue weighted by Crippen LogP contribution is -2.34. The number of carbonyl (C=O) groups excluding carboxylic acids is 1. The summed E-state index contributed by atoms with van der Waals surface area (Å²) in [6.07, 6.45) is 2.58. The monoisotopic (exact) mass is 362 g/mol. The number of amides is 1. The molecule has 140 valence electrons. The van der Waals surface area contributed by atoms with Crippen LogP contribution in [-0.4, -0.2) is 19.0 Å². The van der Waals surface area contributed by atoms with E-state index < -0.39 is 0 Å². The van der Waals surface area contributed by atoms with Crippen LogP contribution in [0.3, 0.4) is 0 Å². The number of hydrogen-bond acceptors (Lipinski definition) is 3. The van der Waals surface area contributed by atoms with Crippen molar-refractivity contribution in [3.8, 4) is 0 Å². The Labute approximate surface area is 160 Å². The maximum Gasteiger partial charge on any atom is 0.287 e. The van der Waals surface area contributed by atoms with Gasteiger partial charge in [0.25, 0.3) is 5.91 Å². The van der Waals surface area contributed by atoms with Gasteiger partial charge in [0.2, 0.25) is 0 Å². The van der Waals surface area contributed by atoms with Crippen molar-refractivity contribution < 1.29 is 9.21 Å². The normalized spacial score (nSPS) is 18.4. The van der Waals surface area contributed by atoms with Crippen molar-refractivity contribution in [1.29, 1.82) is 0 Å². The van der Waals surface area contributed by atoms with Crippen LogP contribution in [0, 0.1) is 5.92 Å². The molecule has 0 unspecified atom stereocenters. The molecule has 0 bridgehead atoms. The zero-order valence-electron chi connectivity index (χ0n) is 15.9. The van der Waals surface area contributed by atoms with Gasteiger partial charge in [0.15, 0.2) is 5.76 Å². The van der Waals surface area contributed by atoms with E-state index in [1.165, 1.54) is 18.5 Å². The van der Waals surface area contributed by atoms with E-state index in [1.54, 1.807) is 6.07 Å². The molecule has 2 atom stereocenters. The molecule has 1 aliphatic rings. The minimum Gasteiger partial charge on any atom is -0.451 e. The first kappa shape index (κ1) is 17.7. The Morgan fingerprint density at radius 1 is 1.19 bits per heavy atom. The highest BCUT2D eigenvalue weighted by Crippen LogP contribution is 2.25. The summed E-state index contributed by atoms with van der Waals surface area (Å²) in [6.45, 7) is 6.56. The summed E-state index contributed by atoms with van der Waals surface area (Å²) in [5, 5.41) is 3.97. The van der Waals surface area contributed by atoms with Crippen LogP contribution >= 0.6 is 0 Å². The SMILES string of the molecule is C[C@@H]1CCCN(c2ccc([C@@H](C)NC(=O)c3cc4ccccc4o3)cc2)C1. The zero-order chi connectivity index (χ0) is 18.8. The molecule has 0 saturated carbocycles. The van der Waals surface area contributed by atoms with E-state index in [-0.39, 0.29) is 11.9 Å². The Morgan fingerprint density at radius 2 is 1.96 bits per heavy atom. The Morgan fingerprint density at radius 3 is 2.70 bits per heavy atom. The van der Waals surface area contributed by atoms with Crippen LogP contribution < -0.4 is 10.2 Å². The average Bonchev–Trinajstić information content (AvgIpc) is 3.12. The number of piperidine rings is 1. The first-order chi connectivity index (χ1) is 13.1. The third kappa shape index (κ3) is 3.85. The largest absolute Gasteiger partial charge is 0.451 e. The third-order valence-corrected chi connectivity index (χ3v) is 5.41. The number of para-hydroxylation sites is 1. The molecule has 0 radical (unpaired) electrons. The number of benzene rings is 2. The number of hydrogen-bond donors (Lipinski definition) is 1. The van der Waals surface area contributed by atoms with Crippen LogP contribution in [0.5, 0.6) is 0 Å². The quantitative estimate of drug-likeness (QED) is 0.697. The number of carbonyl (C=O) groups is 1.